The van der Waals surface area contributed by atoms with Crippen LogP contribution in [0.25, 0.3) is 0 Å². The molecule has 86 valence electrons. The van der Waals surface area contributed by atoms with E-state index < -0.39 is 0 Å². The molecule has 2 aromatic carbocycles. The smallest absolute Gasteiger partial charge is 0.131 e. The first-order valence-corrected chi connectivity index (χ1v) is 5.21. The highest BCUT2D eigenvalue weighted by atomic mass is 19.1. The molecular weight excluding hydrogens is 220 g/mol. The topological polar surface area (TPSA) is 12.4 Å². The lowest BCUT2D eigenvalue weighted by atomic mass is 10.2. The summed E-state index contributed by atoms with van der Waals surface area (Å²) in [5, 5.41) is 0. The normalized spacial score (nSPS) is 11.0. The van der Waals surface area contributed by atoms with Gasteiger partial charge in [0, 0.05) is 11.8 Å². The minimum Gasteiger partial charge on any atom is -0.256 e. The Hall–Kier alpha value is -2.03. The van der Waals surface area contributed by atoms with Gasteiger partial charge in [0.2, 0.25) is 0 Å². The van der Waals surface area contributed by atoms with Crippen LogP contribution in [0.15, 0.2) is 47.5 Å². The molecule has 0 saturated heterocycles. The minimum absolute atomic E-state index is 0.269. The first-order chi connectivity index (χ1) is 8.16. The average molecular weight is 231 g/mol. The highest BCUT2D eigenvalue weighted by Crippen LogP contribution is 2.16. The number of aliphatic imine (C=N–C) groups is 1. The first kappa shape index (κ1) is 11.5. The van der Waals surface area contributed by atoms with Gasteiger partial charge in [-0.25, -0.2) is 8.78 Å². The van der Waals surface area contributed by atoms with Crippen LogP contribution in [0.4, 0.5) is 14.5 Å². The van der Waals surface area contributed by atoms with E-state index in [0.717, 1.165) is 0 Å². The Balaban J connectivity index is 2.26. The standard InChI is InChI=1S/C14H11F2N/c1-10-8-12(6-7-13(10)15)17-9-11-4-2-3-5-14(11)16/h2-9H,1H3. The van der Waals surface area contributed by atoms with Crippen molar-refractivity contribution in [1.82, 2.24) is 0 Å². The predicted octanol–water partition coefficient (Wildman–Crippen LogP) is 4.02. The summed E-state index contributed by atoms with van der Waals surface area (Å²) in [6, 6.07) is 10.9. The van der Waals surface area contributed by atoms with E-state index in [1.807, 2.05) is 0 Å². The number of nitrogens with zero attached hydrogens (tertiary/aromatic N) is 1. The van der Waals surface area contributed by atoms with Crippen molar-refractivity contribution in [2.24, 2.45) is 4.99 Å². The number of hydrogen-bond donors (Lipinski definition) is 0. The van der Waals surface area contributed by atoms with Crippen LogP contribution in [0.2, 0.25) is 0 Å². The zero-order chi connectivity index (χ0) is 12.3. The van der Waals surface area contributed by atoms with Crippen LogP contribution >= 0.6 is 0 Å². The van der Waals surface area contributed by atoms with Crippen LogP contribution in [0, 0.1) is 18.6 Å². The Morgan fingerprint density at radius 2 is 1.76 bits per heavy atom. The second-order valence-corrected chi connectivity index (χ2v) is 3.71. The lowest BCUT2D eigenvalue weighted by Gasteiger charge is -1.98. The maximum atomic E-state index is 13.3. The molecule has 0 aliphatic heterocycles. The molecule has 0 radical (unpaired) electrons. The van der Waals surface area contributed by atoms with Crippen molar-refractivity contribution in [3.8, 4) is 0 Å². The van der Waals surface area contributed by atoms with Crippen molar-refractivity contribution in [3.63, 3.8) is 0 Å². The molecule has 0 heterocycles. The summed E-state index contributed by atoms with van der Waals surface area (Å²) < 4.78 is 26.3. The molecule has 0 aliphatic carbocycles. The Morgan fingerprint density at radius 3 is 2.47 bits per heavy atom. The monoisotopic (exact) mass is 231 g/mol. The molecule has 2 aromatic rings. The quantitative estimate of drug-likeness (QED) is 0.692. The van der Waals surface area contributed by atoms with Gasteiger partial charge in [-0.3, -0.25) is 4.99 Å². The summed E-state index contributed by atoms with van der Waals surface area (Å²) in [7, 11) is 0. The Morgan fingerprint density at radius 1 is 1.00 bits per heavy atom. The Bertz CT molecular complexity index is 562. The third-order valence-corrected chi connectivity index (χ3v) is 2.40. The number of hydrogen-bond acceptors (Lipinski definition) is 1. The van der Waals surface area contributed by atoms with E-state index in [1.165, 1.54) is 18.3 Å². The van der Waals surface area contributed by atoms with E-state index in [-0.39, 0.29) is 11.6 Å². The van der Waals surface area contributed by atoms with Gasteiger partial charge in [-0.2, -0.15) is 0 Å². The zero-order valence-electron chi connectivity index (χ0n) is 9.32. The molecule has 17 heavy (non-hydrogen) atoms. The van der Waals surface area contributed by atoms with Gasteiger partial charge in [0.15, 0.2) is 0 Å². The van der Waals surface area contributed by atoms with Crippen LogP contribution in [-0.2, 0) is 0 Å². The lowest BCUT2D eigenvalue weighted by Crippen LogP contribution is -1.86. The van der Waals surface area contributed by atoms with Gasteiger partial charge in [0.1, 0.15) is 11.6 Å². The molecule has 0 aromatic heterocycles. The summed E-state index contributed by atoms with van der Waals surface area (Å²) in [4.78, 5) is 4.11. The third-order valence-electron chi connectivity index (χ3n) is 2.40. The van der Waals surface area contributed by atoms with Gasteiger partial charge >= 0.3 is 0 Å². The van der Waals surface area contributed by atoms with Crippen molar-refractivity contribution >= 4 is 11.9 Å². The maximum Gasteiger partial charge on any atom is 0.131 e. The fourth-order valence-electron chi connectivity index (χ4n) is 1.43. The molecule has 3 heteroatoms. The van der Waals surface area contributed by atoms with Crippen molar-refractivity contribution in [2.75, 3.05) is 0 Å². The number of benzene rings is 2. The molecular formula is C14H11F2N. The van der Waals surface area contributed by atoms with E-state index in [4.69, 9.17) is 0 Å². The minimum atomic E-state index is -0.324. The van der Waals surface area contributed by atoms with Gasteiger partial charge in [-0.15, -0.1) is 0 Å². The number of rotatable bonds is 2. The molecule has 1 nitrogen and oxygen atoms in total. The van der Waals surface area contributed by atoms with E-state index in [9.17, 15) is 8.78 Å². The highest BCUT2D eigenvalue weighted by molar-refractivity contribution is 5.82. The van der Waals surface area contributed by atoms with E-state index in [1.54, 1.807) is 37.3 Å². The summed E-state index contributed by atoms with van der Waals surface area (Å²) in [6.45, 7) is 1.66. The summed E-state index contributed by atoms with van der Waals surface area (Å²) in [5.74, 6) is -0.593. The lowest BCUT2D eigenvalue weighted by molar-refractivity contribution is 0.618. The largest absolute Gasteiger partial charge is 0.256 e. The predicted molar refractivity (Wildman–Crippen MR) is 64.8 cm³/mol. The summed E-state index contributed by atoms with van der Waals surface area (Å²) >= 11 is 0. The Kier molecular flexibility index (Phi) is 3.28. The molecule has 0 fully saturated rings. The Labute approximate surface area is 98.4 Å². The van der Waals surface area contributed by atoms with Crippen LogP contribution in [0.3, 0.4) is 0 Å². The fraction of sp³-hybridized carbons (Fsp3) is 0.0714. The molecule has 0 unspecified atom stereocenters. The number of aryl methyl sites for hydroxylation is 1. The third kappa shape index (κ3) is 2.75. The molecule has 0 amide bonds. The zero-order valence-corrected chi connectivity index (χ0v) is 9.32. The second kappa shape index (κ2) is 4.87. The van der Waals surface area contributed by atoms with Gasteiger partial charge in [0.05, 0.1) is 5.69 Å². The average Bonchev–Trinajstić information content (AvgIpc) is 2.32. The van der Waals surface area contributed by atoms with Gasteiger partial charge in [-0.05, 0) is 36.8 Å². The van der Waals surface area contributed by atoms with Crippen molar-refractivity contribution in [2.45, 2.75) is 6.92 Å². The summed E-state index contributed by atoms with van der Waals surface area (Å²) in [5.41, 5.74) is 1.54. The number of halogens is 2. The van der Waals surface area contributed by atoms with Crippen LogP contribution < -0.4 is 0 Å². The van der Waals surface area contributed by atoms with Crippen LogP contribution in [0.1, 0.15) is 11.1 Å². The van der Waals surface area contributed by atoms with Crippen LogP contribution in [-0.4, -0.2) is 6.21 Å². The maximum absolute atomic E-state index is 13.3. The SMILES string of the molecule is Cc1cc(N=Cc2ccccc2F)ccc1F. The van der Waals surface area contributed by atoms with Crippen molar-refractivity contribution in [3.05, 3.63) is 65.2 Å². The van der Waals surface area contributed by atoms with Crippen molar-refractivity contribution in [1.29, 1.82) is 0 Å². The van der Waals surface area contributed by atoms with Gasteiger partial charge in [0.25, 0.3) is 0 Å². The molecule has 0 N–H and O–H groups in total. The molecule has 0 atom stereocenters. The second-order valence-electron chi connectivity index (χ2n) is 3.71. The molecule has 0 spiro atoms. The molecule has 0 saturated carbocycles. The first-order valence-electron chi connectivity index (χ1n) is 5.21. The van der Waals surface area contributed by atoms with E-state index in [0.29, 0.717) is 16.8 Å². The van der Waals surface area contributed by atoms with Gasteiger partial charge in [-0.1, -0.05) is 18.2 Å². The van der Waals surface area contributed by atoms with Crippen LogP contribution in [0.5, 0.6) is 0 Å². The fourth-order valence-corrected chi connectivity index (χ4v) is 1.43. The van der Waals surface area contributed by atoms with Crippen molar-refractivity contribution < 1.29 is 8.78 Å². The summed E-state index contributed by atoms with van der Waals surface area (Å²) in [6.07, 6.45) is 1.43. The molecule has 0 aliphatic rings. The molecule has 2 rings (SSSR count). The van der Waals surface area contributed by atoms with E-state index in [2.05, 4.69) is 4.99 Å². The molecule has 0 bridgehead atoms. The highest BCUT2D eigenvalue weighted by Gasteiger charge is 1.98. The van der Waals surface area contributed by atoms with E-state index >= 15 is 0 Å². The van der Waals surface area contributed by atoms with Gasteiger partial charge < -0.3 is 0 Å².